The van der Waals surface area contributed by atoms with Crippen molar-refractivity contribution in [2.75, 3.05) is 0 Å². The normalized spacial score (nSPS) is 8.92. The van der Waals surface area contributed by atoms with E-state index >= 15 is 0 Å². The molecule has 3 heteroatoms. The van der Waals surface area contributed by atoms with Gasteiger partial charge in [-0.15, -0.1) is 12.4 Å². The summed E-state index contributed by atoms with van der Waals surface area (Å²) in [5.74, 6) is 0. The molecule has 0 unspecified atom stereocenters. The van der Waals surface area contributed by atoms with E-state index in [4.69, 9.17) is 0 Å². The van der Waals surface area contributed by atoms with Gasteiger partial charge in [0.1, 0.15) is 0 Å². The van der Waals surface area contributed by atoms with Crippen molar-refractivity contribution in [2.45, 2.75) is 0 Å². The molecule has 0 aliphatic carbocycles. The Balaban J connectivity index is 0.000000845. The lowest BCUT2D eigenvalue weighted by molar-refractivity contribution is 1.21. The van der Waals surface area contributed by atoms with Crippen LogP contribution in [0.25, 0.3) is 11.3 Å². The monoisotopic (exact) mass is 192 g/mol. The van der Waals surface area contributed by atoms with E-state index in [2.05, 4.69) is 9.97 Å². The average molecular weight is 193 g/mol. The third-order valence-electron chi connectivity index (χ3n) is 1.63. The molecule has 66 valence electrons. The Morgan fingerprint density at radius 2 is 1.69 bits per heavy atom. The summed E-state index contributed by atoms with van der Waals surface area (Å²) in [4.78, 5) is 8.19. The molecule has 1 aromatic carbocycles. The van der Waals surface area contributed by atoms with E-state index in [-0.39, 0.29) is 12.4 Å². The molecule has 0 amide bonds. The fourth-order valence-electron chi connectivity index (χ4n) is 1.06. The molecule has 0 N–H and O–H groups in total. The summed E-state index contributed by atoms with van der Waals surface area (Å²) in [5, 5.41) is 0. The number of nitrogens with zero attached hydrogens (tertiary/aromatic N) is 2. The summed E-state index contributed by atoms with van der Waals surface area (Å²) >= 11 is 0. The van der Waals surface area contributed by atoms with Gasteiger partial charge in [-0.25, -0.2) is 0 Å². The first-order valence-corrected chi connectivity index (χ1v) is 3.78. The van der Waals surface area contributed by atoms with Crippen LogP contribution in [0, 0.1) is 0 Å². The zero-order valence-electron chi connectivity index (χ0n) is 6.92. The molecular weight excluding hydrogens is 184 g/mol. The molecule has 0 fully saturated rings. The van der Waals surface area contributed by atoms with Crippen LogP contribution in [0.5, 0.6) is 0 Å². The van der Waals surface area contributed by atoms with E-state index in [0.29, 0.717) is 0 Å². The molecule has 0 spiro atoms. The van der Waals surface area contributed by atoms with Crippen molar-refractivity contribution in [3.63, 3.8) is 0 Å². The van der Waals surface area contributed by atoms with Gasteiger partial charge in [0.25, 0.3) is 0 Å². The van der Waals surface area contributed by atoms with Crippen LogP contribution in [0.4, 0.5) is 0 Å². The first kappa shape index (κ1) is 9.68. The Bertz CT molecular complexity index is 310. The van der Waals surface area contributed by atoms with E-state index in [1.54, 1.807) is 18.6 Å². The Kier molecular flexibility index (Phi) is 3.41. The van der Waals surface area contributed by atoms with Crippen LogP contribution in [0.15, 0.2) is 48.9 Å². The number of rotatable bonds is 1. The van der Waals surface area contributed by atoms with Crippen molar-refractivity contribution >= 4 is 12.4 Å². The van der Waals surface area contributed by atoms with Crippen LogP contribution in [-0.2, 0) is 0 Å². The zero-order valence-corrected chi connectivity index (χ0v) is 7.74. The van der Waals surface area contributed by atoms with Gasteiger partial charge in [-0.2, -0.15) is 0 Å². The maximum atomic E-state index is 4.19. The van der Waals surface area contributed by atoms with E-state index in [1.165, 1.54) is 0 Å². The summed E-state index contributed by atoms with van der Waals surface area (Å²) in [5.41, 5.74) is 2.02. The summed E-state index contributed by atoms with van der Waals surface area (Å²) in [7, 11) is 0. The summed E-state index contributed by atoms with van der Waals surface area (Å²) in [6, 6.07) is 10.0. The minimum atomic E-state index is 0. The molecule has 0 saturated carbocycles. The predicted octanol–water partition coefficient (Wildman–Crippen LogP) is 2.57. The van der Waals surface area contributed by atoms with Crippen LogP contribution >= 0.6 is 12.4 Å². The largest absolute Gasteiger partial charge is 0.261 e. The van der Waals surface area contributed by atoms with Gasteiger partial charge in [0.2, 0.25) is 0 Å². The fraction of sp³-hybridized carbons (Fsp3) is 0. The molecule has 0 atom stereocenters. The van der Waals surface area contributed by atoms with Crippen molar-refractivity contribution in [3.8, 4) is 11.3 Å². The second-order valence-corrected chi connectivity index (χ2v) is 2.46. The second kappa shape index (κ2) is 4.58. The van der Waals surface area contributed by atoms with Gasteiger partial charge in [0, 0.05) is 18.0 Å². The van der Waals surface area contributed by atoms with Crippen LogP contribution in [0.1, 0.15) is 0 Å². The molecule has 1 aromatic heterocycles. The number of halogens is 1. The van der Waals surface area contributed by atoms with Gasteiger partial charge < -0.3 is 0 Å². The van der Waals surface area contributed by atoms with Crippen LogP contribution < -0.4 is 0 Å². The highest BCUT2D eigenvalue weighted by molar-refractivity contribution is 5.85. The quantitative estimate of drug-likeness (QED) is 0.694. The first-order valence-electron chi connectivity index (χ1n) is 3.78. The maximum Gasteiger partial charge on any atom is 0.0885 e. The van der Waals surface area contributed by atoms with Gasteiger partial charge in [0.05, 0.1) is 11.9 Å². The highest BCUT2D eigenvalue weighted by atomic mass is 35.5. The number of hydrogen-bond acceptors (Lipinski definition) is 2. The topological polar surface area (TPSA) is 25.8 Å². The zero-order chi connectivity index (χ0) is 8.23. The third kappa shape index (κ3) is 2.26. The van der Waals surface area contributed by atoms with Gasteiger partial charge in [-0.05, 0) is 0 Å². The molecule has 13 heavy (non-hydrogen) atoms. The van der Waals surface area contributed by atoms with E-state index < -0.39 is 0 Å². The highest BCUT2D eigenvalue weighted by Gasteiger charge is 1.94. The highest BCUT2D eigenvalue weighted by Crippen LogP contribution is 2.13. The molecular formula is C10H9ClN2. The maximum absolute atomic E-state index is 4.19. The Hall–Kier alpha value is -1.41. The van der Waals surface area contributed by atoms with Crippen molar-refractivity contribution in [1.82, 2.24) is 9.97 Å². The minimum absolute atomic E-state index is 0. The SMILES string of the molecule is Cl.c1ccc(-c2cnccn2)cc1. The third-order valence-corrected chi connectivity index (χ3v) is 1.63. The van der Waals surface area contributed by atoms with Crippen molar-refractivity contribution in [1.29, 1.82) is 0 Å². The Morgan fingerprint density at radius 3 is 2.31 bits per heavy atom. The van der Waals surface area contributed by atoms with Gasteiger partial charge in [-0.3, -0.25) is 9.97 Å². The molecule has 0 radical (unpaired) electrons. The van der Waals surface area contributed by atoms with Gasteiger partial charge in [0.15, 0.2) is 0 Å². The number of aromatic nitrogens is 2. The number of hydrogen-bond donors (Lipinski definition) is 0. The van der Waals surface area contributed by atoms with Gasteiger partial charge >= 0.3 is 0 Å². The molecule has 0 bridgehead atoms. The molecule has 2 nitrogen and oxygen atoms in total. The second-order valence-electron chi connectivity index (χ2n) is 2.46. The lowest BCUT2D eigenvalue weighted by Gasteiger charge is -1.96. The predicted molar refractivity (Wildman–Crippen MR) is 54.7 cm³/mol. The summed E-state index contributed by atoms with van der Waals surface area (Å²) < 4.78 is 0. The molecule has 2 aromatic rings. The Morgan fingerprint density at radius 1 is 0.923 bits per heavy atom. The first-order chi connectivity index (χ1) is 5.97. The molecule has 2 rings (SSSR count). The molecule has 0 aliphatic rings. The van der Waals surface area contributed by atoms with Crippen molar-refractivity contribution < 1.29 is 0 Å². The van der Waals surface area contributed by atoms with E-state index in [0.717, 1.165) is 11.3 Å². The van der Waals surface area contributed by atoms with Crippen molar-refractivity contribution in [2.24, 2.45) is 0 Å². The Labute approximate surface area is 83.1 Å². The number of benzene rings is 1. The molecule has 1 heterocycles. The molecule has 0 aliphatic heterocycles. The van der Waals surface area contributed by atoms with Crippen LogP contribution in [0.3, 0.4) is 0 Å². The lowest BCUT2D eigenvalue weighted by atomic mass is 10.2. The molecule has 0 saturated heterocycles. The minimum Gasteiger partial charge on any atom is -0.261 e. The van der Waals surface area contributed by atoms with Crippen LogP contribution in [0.2, 0.25) is 0 Å². The lowest BCUT2D eigenvalue weighted by Crippen LogP contribution is -1.82. The van der Waals surface area contributed by atoms with E-state index in [9.17, 15) is 0 Å². The summed E-state index contributed by atoms with van der Waals surface area (Å²) in [6.07, 6.45) is 5.13. The van der Waals surface area contributed by atoms with Gasteiger partial charge in [-0.1, -0.05) is 30.3 Å². The average Bonchev–Trinajstić information content (AvgIpc) is 2.21. The fourth-order valence-corrected chi connectivity index (χ4v) is 1.06. The van der Waals surface area contributed by atoms with Crippen LogP contribution in [-0.4, -0.2) is 9.97 Å². The van der Waals surface area contributed by atoms with Crippen molar-refractivity contribution in [3.05, 3.63) is 48.9 Å². The smallest absolute Gasteiger partial charge is 0.0885 e. The van der Waals surface area contributed by atoms with E-state index in [1.807, 2.05) is 30.3 Å². The summed E-state index contributed by atoms with van der Waals surface area (Å²) in [6.45, 7) is 0. The standard InChI is InChI=1S/C10H8N2.ClH/c1-2-4-9(5-3-1)10-8-11-6-7-12-10;/h1-8H;1H.